The zero-order chi connectivity index (χ0) is 63.9. The summed E-state index contributed by atoms with van der Waals surface area (Å²) in [6, 6.07) is 5.53. The Balaban J connectivity index is 0.000000468. The number of nitrogens with two attached hydrogens (primary N) is 1. The second kappa shape index (κ2) is 28.0. The van der Waals surface area contributed by atoms with Gasteiger partial charge in [-0.15, -0.1) is 22.7 Å². The zero-order valence-corrected chi connectivity index (χ0v) is 56.9. The standard InChI is InChI=1S/C28H43FN4O5S2Si.C15H17FN2O.C13H26N2O4S2Si/c1-12-17(4)19-13-18(14-30)22(29)21(16(2)3)23(19)32-26(34)33-40(36,37)24-20(31-25(39-24)28(8,9)35)15-38-41(10,11)27(5,6)7;1-5-10(4)12-6-11(7-17)14(16)13(9(2)3)15(12)18-8-19;1-12(2,3)22(6,7)19-8-9-10(21(14,17)18)20-11(15-9)13(4,5)16/h13,16-17,35H,12,15H2,1-11H3,(H2,32,33,34);6,9-10H,5H2,1-4H3;16H,8H2,1-7H3,(H2,14,17,18). The van der Waals surface area contributed by atoms with Gasteiger partial charge in [0.05, 0.1) is 47.1 Å². The minimum Gasteiger partial charge on any atom is -0.411 e. The molecule has 4 aromatic rings. The fourth-order valence-electron chi connectivity index (χ4n) is 7.19. The molecule has 2 aromatic heterocycles. The molecule has 2 atom stereocenters. The lowest BCUT2D eigenvalue weighted by atomic mass is 9.88. The smallest absolute Gasteiger partial charge is 0.333 e. The number of hydrogen-bond donors (Lipinski definition) is 5. The summed E-state index contributed by atoms with van der Waals surface area (Å²) in [6.45, 7) is 41.5. The quantitative estimate of drug-likeness (QED) is 0.0331. The van der Waals surface area contributed by atoms with Crippen LogP contribution < -0.4 is 15.2 Å². The molecule has 0 aliphatic heterocycles. The van der Waals surface area contributed by atoms with E-state index < -0.39 is 71.5 Å². The number of primary sulfonamides is 1. The largest absolute Gasteiger partial charge is 0.411 e. The van der Waals surface area contributed by atoms with Crippen LogP contribution in [0.1, 0.15) is 216 Å². The summed E-state index contributed by atoms with van der Waals surface area (Å²) < 4.78 is 94.0. The molecule has 2 unspecified atom stereocenters. The van der Waals surface area contributed by atoms with Gasteiger partial charge < -0.3 is 24.4 Å². The predicted octanol–water partition coefficient (Wildman–Crippen LogP) is 13.9. The van der Waals surface area contributed by atoms with E-state index in [9.17, 15) is 46.3 Å². The molecule has 0 saturated carbocycles. The van der Waals surface area contributed by atoms with Crippen LogP contribution >= 0.6 is 22.7 Å². The van der Waals surface area contributed by atoms with Crippen LogP contribution in [0, 0.1) is 34.3 Å². The maximum absolute atomic E-state index is 15.3. The Labute approximate surface area is 495 Å². The number of nitrogens with one attached hydrogen (secondary N) is 2. The summed E-state index contributed by atoms with van der Waals surface area (Å²) in [4.78, 5) is 36.1. The number of carbonyl (C=O) groups is 1. The number of nitrogens with zero attached hydrogens (tertiary/aromatic N) is 5. The van der Waals surface area contributed by atoms with Crippen molar-refractivity contribution < 1.29 is 54.3 Å². The van der Waals surface area contributed by atoms with Crippen LogP contribution in [0.25, 0.3) is 0 Å². The van der Waals surface area contributed by atoms with Gasteiger partial charge in [-0.1, -0.05) is 96.9 Å². The lowest BCUT2D eigenvalue weighted by molar-refractivity contribution is 0.0773. The van der Waals surface area contributed by atoms with E-state index in [0.29, 0.717) is 28.2 Å². The molecule has 456 valence electrons. The molecular formula is C56H86F2N8O10S4Si2. The minimum absolute atomic E-state index is 0.00356. The van der Waals surface area contributed by atoms with Crippen molar-refractivity contribution in [3.8, 4) is 12.1 Å². The molecule has 18 nitrogen and oxygen atoms in total. The molecule has 82 heavy (non-hydrogen) atoms. The summed E-state index contributed by atoms with van der Waals surface area (Å²) in [5.41, 5.74) is -0.253. The third-order valence-corrected chi connectivity index (χ3v) is 29.7. The fourth-order valence-corrected chi connectivity index (χ4v) is 13.4. The average molecular weight is 1250 g/mol. The molecule has 2 heterocycles. The molecule has 0 bridgehead atoms. The van der Waals surface area contributed by atoms with E-state index in [4.69, 9.17) is 19.3 Å². The Kier molecular flexibility index (Phi) is 25.1. The number of aliphatic imine (C=N–C) groups is 1. The van der Waals surface area contributed by atoms with Gasteiger partial charge in [0.1, 0.15) is 45.0 Å². The number of sulfonamides is 2. The molecule has 0 aliphatic rings. The van der Waals surface area contributed by atoms with Crippen molar-refractivity contribution in [3.05, 3.63) is 78.6 Å². The van der Waals surface area contributed by atoms with Crippen LogP contribution in [0.5, 0.6) is 0 Å². The predicted molar refractivity (Wildman–Crippen MR) is 325 cm³/mol. The van der Waals surface area contributed by atoms with Gasteiger partial charge in [-0.2, -0.15) is 15.5 Å². The molecule has 2 amide bonds. The Bertz CT molecular complexity index is 3300. The van der Waals surface area contributed by atoms with Crippen molar-refractivity contribution in [3.63, 3.8) is 0 Å². The van der Waals surface area contributed by atoms with Gasteiger partial charge in [0.2, 0.25) is 16.1 Å². The number of hydrogen-bond acceptors (Lipinski definition) is 17. The Morgan fingerprint density at radius 2 is 1.10 bits per heavy atom. The van der Waals surface area contributed by atoms with E-state index in [1.165, 1.54) is 32.1 Å². The van der Waals surface area contributed by atoms with Crippen LogP contribution in [0.3, 0.4) is 0 Å². The molecule has 26 heteroatoms. The van der Waals surface area contributed by atoms with Gasteiger partial charge in [0.15, 0.2) is 25.1 Å². The van der Waals surface area contributed by atoms with Crippen LogP contribution in [0.4, 0.5) is 25.0 Å². The number of aromatic nitrogens is 2. The van der Waals surface area contributed by atoms with Crippen molar-refractivity contribution in [1.29, 1.82) is 10.5 Å². The van der Waals surface area contributed by atoms with Crippen LogP contribution in [-0.2, 0) is 58.1 Å². The van der Waals surface area contributed by atoms with Gasteiger partial charge in [0, 0.05) is 11.1 Å². The minimum atomic E-state index is -4.48. The lowest BCUT2D eigenvalue weighted by Crippen LogP contribution is -2.40. The third kappa shape index (κ3) is 18.7. The summed E-state index contributed by atoms with van der Waals surface area (Å²) in [7, 11) is -12.7. The first kappa shape index (κ1) is 73.4. The van der Waals surface area contributed by atoms with Crippen molar-refractivity contribution in [1.82, 2.24) is 14.7 Å². The Morgan fingerprint density at radius 3 is 1.45 bits per heavy atom. The molecule has 0 spiro atoms. The maximum Gasteiger partial charge on any atom is 0.333 e. The van der Waals surface area contributed by atoms with Crippen molar-refractivity contribution in [2.75, 3.05) is 5.32 Å². The van der Waals surface area contributed by atoms with Gasteiger partial charge in [-0.25, -0.2) is 55.0 Å². The number of anilines is 1. The molecule has 0 fully saturated rings. The Morgan fingerprint density at radius 1 is 0.720 bits per heavy atom. The fraction of sp³-hybridized carbons (Fsp3) is 0.607. The average Bonchev–Trinajstić information content (AvgIpc) is 3.99. The first-order valence-electron chi connectivity index (χ1n) is 26.8. The molecular weight excluding hydrogens is 1170 g/mol. The lowest BCUT2D eigenvalue weighted by Gasteiger charge is -2.36. The van der Waals surface area contributed by atoms with Gasteiger partial charge in [-0.05, 0) is 124 Å². The molecule has 0 saturated heterocycles. The number of amides is 2. The van der Waals surface area contributed by atoms with E-state index in [1.54, 1.807) is 27.7 Å². The highest BCUT2D eigenvalue weighted by atomic mass is 32.3. The monoisotopic (exact) mass is 1250 g/mol. The summed E-state index contributed by atoms with van der Waals surface area (Å²) in [6.07, 6.45) is 2.94. The molecule has 6 N–H and O–H groups in total. The maximum atomic E-state index is 15.3. The van der Waals surface area contributed by atoms with Crippen LogP contribution in [-0.4, -0.2) is 65.8 Å². The van der Waals surface area contributed by atoms with Gasteiger partial charge in [-0.3, -0.25) is 0 Å². The highest BCUT2D eigenvalue weighted by Crippen LogP contribution is 2.43. The third-order valence-electron chi connectivity index (χ3n) is 14.6. The molecule has 4 rings (SSSR count). The number of thiazole rings is 2. The number of carbonyl (C=O) groups excluding carboxylic acids is 2. The highest BCUT2D eigenvalue weighted by Gasteiger charge is 2.40. The number of aliphatic hydroxyl groups is 2. The van der Waals surface area contributed by atoms with E-state index in [0.717, 1.165) is 34.7 Å². The van der Waals surface area contributed by atoms with E-state index in [-0.39, 0.29) is 88.2 Å². The van der Waals surface area contributed by atoms with Crippen molar-refractivity contribution >= 4 is 82.8 Å². The van der Waals surface area contributed by atoms with Gasteiger partial charge in [0.25, 0.3) is 10.0 Å². The first-order chi connectivity index (χ1) is 37.1. The SMILES string of the molecule is CC(C)(O)c1nc(CO[Si](C)(C)C(C)(C)C)c(S(N)(=O)=O)s1.CCC(C)c1cc(C#N)c(F)c(C(C)C)c1N=C=O.CCC(C)c1cc(C#N)c(F)c(C(C)C)c1NC(=O)NS(=O)(=O)c1sc(C(C)(C)O)nc1CO[Si](C)(C)C(C)(C)C. The molecule has 0 aliphatic carbocycles. The van der Waals surface area contributed by atoms with Crippen molar-refractivity contribution in [2.45, 2.75) is 230 Å². The number of nitriles is 2. The second-order valence-corrected chi connectivity index (χ2v) is 40.1. The van der Waals surface area contributed by atoms with Crippen LogP contribution in [0.2, 0.25) is 36.3 Å². The number of halogens is 2. The van der Waals surface area contributed by atoms with Crippen molar-refractivity contribution in [2.24, 2.45) is 10.1 Å². The second-order valence-electron chi connectivity index (χ2n) is 24.9. The summed E-state index contributed by atoms with van der Waals surface area (Å²) in [5, 5.41) is 47.2. The number of benzene rings is 2. The topological polar surface area (TPSA) is 297 Å². The van der Waals surface area contributed by atoms with E-state index in [2.05, 4.69) is 74.9 Å². The Hall–Kier alpha value is -4.68. The molecule has 0 radical (unpaired) electrons. The number of isocyanates is 1. The normalized spacial score (nSPS) is 13.5. The van der Waals surface area contributed by atoms with Crippen LogP contribution in [0.15, 0.2) is 25.5 Å². The molecule has 2 aromatic carbocycles. The zero-order valence-electron chi connectivity index (χ0n) is 51.7. The number of urea groups is 1. The summed E-state index contributed by atoms with van der Waals surface area (Å²) in [5.74, 6) is -1.97. The number of rotatable bonds is 19. The summed E-state index contributed by atoms with van der Waals surface area (Å²) >= 11 is 1.65. The van der Waals surface area contributed by atoms with Gasteiger partial charge >= 0.3 is 6.03 Å². The van der Waals surface area contributed by atoms with E-state index >= 15 is 4.39 Å². The van der Waals surface area contributed by atoms with E-state index in [1.807, 2.05) is 71.5 Å². The first-order valence-corrected chi connectivity index (χ1v) is 37.3. The highest BCUT2D eigenvalue weighted by molar-refractivity contribution is 7.92.